The van der Waals surface area contributed by atoms with Gasteiger partial charge in [0, 0.05) is 29.9 Å². The molecule has 0 saturated carbocycles. The molecule has 0 N–H and O–H groups in total. The molecule has 1 saturated heterocycles. The Morgan fingerprint density at radius 1 is 1.21 bits per heavy atom. The van der Waals surface area contributed by atoms with Crippen LogP contribution in [0.2, 0.25) is 5.02 Å². The fourth-order valence-electron chi connectivity index (χ4n) is 4.45. The Kier molecular flexibility index (Phi) is 4.96. The van der Waals surface area contributed by atoms with Crippen molar-refractivity contribution in [2.45, 2.75) is 38.1 Å². The summed E-state index contributed by atoms with van der Waals surface area (Å²) in [4.78, 5) is 19.3. The molecule has 1 unspecified atom stereocenters. The number of benzene rings is 1. The van der Waals surface area contributed by atoms with Gasteiger partial charge in [0.05, 0.1) is 23.7 Å². The van der Waals surface area contributed by atoms with Crippen LogP contribution in [0.5, 0.6) is 0 Å². The lowest BCUT2D eigenvalue weighted by atomic mass is 9.91. The molecule has 4 rings (SSSR count). The number of rotatable bonds is 3. The number of nitrogens with zero attached hydrogens (tertiary/aromatic N) is 3. The molecular formula is C21H24ClN3O3S. The molecule has 0 bridgehead atoms. The molecule has 29 heavy (non-hydrogen) atoms. The van der Waals surface area contributed by atoms with Gasteiger partial charge >= 0.3 is 0 Å². The van der Waals surface area contributed by atoms with Crippen molar-refractivity contribution in [2.24, 2.45) is 0 Å². The van der Waals surface area contributed by atoms with E-state index in [1.54, 1.807) is 29.4 Å². The summed E-state index contributed by atoms with van der Waals surface area (Å²) in [5, 5.41) is 0.599. The van der Waals surface area contributed by atoms with Crippen molar-refractivity contribution in [1.29, 1.82) is 0 Å². The van der Waals surface area contributed by atoms with E-state index in [0.717, 1.165) is 24.0 Å². The van der Waals surface area contributed by atoms with Crippen molar-refractivity contribution >= 4 is 33.2 Å². The first-order valence-corrected chi connectivity index (χ1v) is 11.9. The molecule has 0 radical (unpaired) electrons. The van der Waals surface area contributed by atoms with E-state index in [1.807, 2.05) is 26.0 Å². The van der Waals surface area contributed by atoms with Crippen molar-refractivity contribution < 1.29 is 13.2 Å². The van der Waals surface area contributed by atoms with Crippen molar-refractivity contribution in [1.82, 2.24) is 9.29 Å². The van der Waals surface area contributed by atoms with E-state index in [4.69, 9.17) is 11.6 Å². The topological polar surface area (TPSA) is 70.6 Å². The Morgan fingerprint density at radius 2 is 1.97 bits per heavy atom. The maximum atomic E-state index is 13.2. The van der Waals surface area contributed by atoms with Gasteiger partial charge in [0.25, 0.3) is 5.91 Å². The largest absolute Gasteiger partial charge is 0.297 e. The highest BCUT2D eigenvalue weighted by Crippen LogP contribution is 2.43. The smallest absolute Gasteiger partial charge is 0.259 e. The number of aromatic nitrogens is 1. The Labute approximate surface area is 176 Å². The van der Waals surface area contributed by atoms with E-state index >= 15 is 0 Å². The predicted octanol–water partition coefficient (Wildman–Crippen LogP) is 3.77. The lowest BCUT2D eigenvalue weighted by molar-refractivity contribution is 0.0982. The quantitative estimate of drug-likeness (QED) is 0.738. The predicted molar refractivity (Wildman–Crippen MR) is 114 cm³/mol. The van der Waals surface area contributed by atoms with Crippen LogP contribution < -0.4 is 4.90 Å². The number of hydrogen-bond donors (Lipinski definition) is 0. The number of piperidine rings is 1. The minimum absolute atomic E-state index is 0.0589. The molecule has 2 aliphatic heterocycles. The molecule has 1 fully saturated rings. The minimum Gasteiger partial charge on any atom is -0.297 e. The molecule has 3 heterocycles. The Morgan fingerprint density at radius 3 is 2.69 bits per heavy atom. The second kappa shape index (κ2) is 7.07. The number of anilines is 1. The molecule has 0 spiro atoms. The number of carbonyl (C=O) groups is 1. The van der Waals surface area contributed by atoms with Crippen LogP contribution in [0.25, 0.3) is 0 Å². The number of amides is 1. The fraction of sp³-hybridized carbons (Fsp3) is 0.429. The summed E-state index contributed by atoms with van der Waals surface area (Å²) in [6.45, 7) is 4.98. The summed E-state index contributed by atoms with van der Waals surface area (Å²) < 4.78 is 25.5. The normalized spacial score (nSPS) is 22.0. The van der Waals surface area contributed by atoms with Crippen LogP contribution in [-0.4, -0.2) is 43.0 Å². The molecule has 6 nitrogen and oxygen atoms in total. The molecular weight excluding hydrogens is 410 g/mol. The lowest BCUT2D eigenvalue weighted by Gasteiger charge is -2.34. The third kappa shape index (κ3) is 3.56. The van der Waals surface area contributed by atoms with Crippen LogP contribution in [0.4, 0.5) is 5.69 Å². The van der Waals surface area contributed by atoms with Gasteiger partial charge < -0.3 is 0 Å². The van der Waals surface area contributed by atoms with Crippen LogP contribution in [0.15, 0.2) is 36.7 Å². The summed E-state index contributed by atoms with van der Waals surface area (Å²) in [6, 6.07) is 7.31. The first-order valence-electron chi connectivity index (χ1n) is 9.63. The lowest BCUT2D eigenvalue weighted by Crippen LogP contribution is -2.40. The second-order valence-electron chi connectivity index (χ2n) is 8.33. The van der Waals surface area contributed by atoms with Crippen LogP contribution >= 0.6 is 11.6 Å². The molecule has 1 amide bonds. The Hall–Kier alpha value is -1.96. The van der Waals surface area contributed by atoms with Gasteiger partial charge in [-0.15, -0.1) is 0 Å². The number of carbonyl (C=O) groups excluding carboxylic acids is 1. The van der Waals surface area contributed by atoms with Crippen LogP contribution in [-0.2, 0) is 15.6 Å². The SMILES string of the molecule is CC1(C)c2cc(Cl)ccc2C(=O)N1c1cncc(C2CCCN(S(C)(=O)=O)C2)c1. The average Bonchev–Trinajstić information content (AvgIpc) is 2.86. The number of pyridine rings is 1. The first kappa shape index (κ1) is 20.3. The number of fused-ring (bicyclic) bond motifs is 1. The van der Waals surface area contributed by atoms with E-state index in [1.165, 1.54) is 10.6 Å². The van der Waals surface area contributed by atoms with E-state index in [9.17, 15) is 13.2 Å². The Bertz CT molecular complexity index is 1080. The van der Waals surface area contributed by atoms with Gasteiger partial charge in [-0.1, -0.05) is 11.6 Å². The first-order chi connectivity index (χ1) is 13.6. The summed E-state index contributed by atoms with van der Waals surface area (Å²) in [7, 11) is -3.22. The standard InChI is InChI=1S/C21H24ClN3O3S/c1-21(2)19-10-16(22)6-7-18(19)20(26)25(21)17-9-15(11-23-12-17)14-5-4-8-24(13-14)29(3,27)28/h6-7,9-12,14H,4-5,8,13H2,1-3H3. The molecule has 1 atom stereocenters. The molecule has 0 aliphatic carbocycles. The Balaban J connectivity index is 1.69. The van der Waals surface area contributed by atoms with Crippen LogP contribution in [0.3, 0.4) is 0 Å². The molecule has 8 heteroatoms. The van der Waals surface area contributed by atoms with Gasteiger partial charge in [0.2, 0.25) is 10.0 Å². The van der Waals surface area contributed by atoms with Crippen molar-refractivity contribution in [3.8, 4) is 0 Å². The van der Waals surface area contributed by atoms with Gasteiger partial charge in [-0.25, -0.2) is 12.7 Å². The third-order valence-corrected chi connectivity index (χ3v) is 7.47. The summed E-state index contributed by atoms with van der Waals surface area (Å²) in [5.74, 6) is -0.0226. The number of halogens is 1. The van der Waals surface area contributed by atoms with E-state index in [2.05, 4.69) is 4.98 Å². The minimum atomic E-state index is -3.22. The second-order valence-corrected chi connectivity index (χ2v) is 10.7. The molecule has 1 aromatic carbocycles. The molecule has 2 aliphatic rings. The van der Waals surface area contributed by atoms with Crippen LogP contribution in [0.1, 0.15) is 54.1 Å². The summed E-state index contributed by atoms with van der Waals surface area (Å²) >= 11 is 6.17. The van der Waals surface area contributed by atoms with E-state index in [0.29, 0.717) is 29.4 Å². The highest BCUT2D eigenvalue weighted by molar-refractivity contribution is 7.88. The summed E-state index contributed by atoms with van der Waals surface area (Å²) in [5.41, 5.74) is 2.63. The fourth-order valence-corrected chi connectivity index (χ4v) is 5.53. The van der Waals surface area contributed by atoms with E-state index < -0.39 is 15.6 Å². The summed E-state index contributed by atoms with van der Waals surface area (Å²) in [6.07, 6.45) is 6.41. The highest BCUT2D eigenvalue weighted by atomic mass is 35.5. The number of sulfonamides is 1. The van der Waals surface area contributed by atoms with Gasteiger partial charge in [0.15, 0.2) is 0 Å². The van der Waals surface area contributed by atoms with Gasteiger partial charge in [0.1, 0.15) is 0 Å². The average molecular weight is 434 g/mol. The van der Waals surface area contributed by atoms with Gasteiger partial charge in [-0.05, 0) is 68.0 Å². The van der Waals surface area contributed by atoms with E-state index in [-0.39, 0.29) is 11.8 Å². The molecule has 1 aromatic heterocycles. The third-order valence-electron chi connectivity index (χ3n) is 5.96. The highest BCUT2D eigenvalue weighted by Gasteiger charge is 2.44. The zero-order chi connectivity index (χ0) is 21.0. The molecule has 154 valence electrons. The monoisotopic (exact) mass is 433 g/mol. The zero-order valence-corrected chi connectivity index (χ0v) is 18.3. The van der Waals surface area contributed by atoms with Gasteiger partial charge in [-0.3, -0.25) is 14.7 Å². The van der Waals surface area contributed by atoms with Crippen LogP contribution in [0, 0.1) is 0 Å². The number of hydrogen-bond acceptors (Lipinski definition) is 4. The maximum Gasteiger partial charge on any atom is 0.259 e. The van der Waals surface area contributed by atoms with Crippen molar-refractivity contribution in [3.63, 3.8) is 0 Å². The van der Waals surface area contributed by atoms with Crippen molar-refractivity contribution in [2.75, 3.05) is 24.2 Å². The zero-order valence-electron chi connectivity index (χ0n) is 16.7. The van der Waals surface area contributed by atoms with Crippen molar-refractivity contribution in [3.05, 3.63) is 58.4 Å². The maximum absolute atomic E-state index is 13.2. The van der Waals surface area contributed by atoms with Gasteiger partial charge in [-0.2, -0.15) is 0 Å². The molecule has 2 aromatic rings.